The van der Waals surface area contributed by atoms with Gasteiger partial charge in [-0.05, 0) is 18.2 Å². The summed E-state index contributed by atoms with van der Waals surface area (Å²) >= 11 is 0. The summed E-state index contributed by atoms with van der Waals surface area (Å²) in [5.74, 6) is -7.37. The van der Waals surface area contributed by atoms with Crippen molar-refractivity contribution in [1.29, 1.82) is 0 Å². The molecule has 1 aromatic heterocycles. The zero-order chi connectivity index (χ0) is 19.1. The van der Waals surface area contributed by atoms with Crippen LogP contribution in [0.2, 0.25) is 0 Å². The van der Waals surface area contributed by atoms with Crippen LogP contribution in [0, 0.1) is 23.5 Å². The van der Waals surface area contributed by atoms with Gasteiger partial charge in [-0.15, -0.1) is 0 Å². The van der Waals surface area contributed by atoms with Gasteiger partial charge in [-0.3, -0.25) is 9.69 Å². The smallest absolute Gasteiger partial charge is 0.393 e. The number of benzene rings is 1. The molecule has 1 saturated heterocycles. The number of aromatic nitrogens is 2. The van der Waals surface area contributed by atoms with Gasteiger partial charge in [0.25, 0.3) is 0 Å². The molecule has 3 rings (SSSR count). The number of halogens is 5. The molecule has 0 amide bonds. The van der Waals surface area contributed by atoms with Crippen molar-refractivity contribution < 1.29 is 36.4 Å². The van der Waals surface area contributed by atoms with Crippen LogP contribution in [-0.2, 0) is 11.3 Å². The number of likely N-dealkylation sites (tertiary alicyclic amines) is 1. The van der Waals surface area contributed by atoms with Crippen molar-refractivity contribution >= 4 is 5.97 Å². The number of alkyl halides is 3. The quantitative estimate of drug-likeness (QED) is 0.826. The normalized spacial score (nSPS) is 21.3. The molecule has 1 aliphatic rings. The number of carboxylic acid groups (broad SMARTS) is 1. The van der Waals surface area contributed by atoms with Crippen molar-refractivity contribution in [2.45, 2.75) is 12.7 Å². The predicted octanol–water partition coefficient (Wildman–Crippen LogP) is 2.71. The number of carboxylic acids is 1. The molecule has 2 heterocycles. The lowest BCUT2D eigenvalue weighted by Gasteiger charge is -2.17. The molecule has 6 nitrogen and oxygen atoms in total. The third-order valence-electron chi connectivity index (χ3n) is 4.14. The van der Waals surface area contributed by atoms with Crippen LogP contribution in [0.1, 0.15) is 5.89 Å². The summed E-state index contributed by atoms with van der Waals surface area (Å²) in [6.07, 6.45) is -4.64. The standard InChI is InChI=1S/C15H12F5N3O3/c16-10-2-1-7(3-11(10)17)13-21-12(26-22-13)6-23-4-8(14(24)25)9(5-23)15(18,19)20/h1-3,8-9H,4-6H2,(H,24,25)/t8-,9-/m1/s1. The van der Waals surface area contributed by atoms with Gasteiger partial charge in [0.05, 0.1) is 18.4 Å². The summed E-state index contributed by atoms with van der Waals surface area (Å²) in [6, 6.07) is 2.97. The molecular weight excluding hydrogens is 365 g/mol. The van der Waals surface area contributed by atoms with Crippen molar-refractivity contribution in [2.75, 3.05) is 13.1 Å². The lowest BCUT2D eigenvalue weighted by molar-refractivity contribution is -0.188. The molecule has 2 atom stereocenters. The van der Waals surface area contributed by atoms with E-state index in [1.807, 2.05) is 0 Å². The fourth-order valence-electron chi connectivity index (χ4n) is 2.86. The molecule has 11 heteroatoms. The minimum atomic E-state index is -4.64. The monoisotopic (exact) mass is 377 g/mol. The summed E-state index contributed by atoms with van der Waals surface area (Å²) in [6.45, 7) is -1.02. The number of aliphatic carboxylic acids is 1. The van der Waals surface area contributed by atoms with Gasteiger partial charge in [-0.25, -0.2) is 8.78 Å². The average Bonchev–Trinajstić information content (AvgIpc) is 3.17. The molecule has 0 radical (unpaired) electrons. The van der Waals surface area contributed by atoms with Gasteiger partial charge in [-0.2, -0.15) is 18.2 Å². The van der Waals surface area contributed by atoms with Crippen LogP contribution in [0.15, 0.2) is 22.7 Å². The number of nitrogens with zero attached hydrogens (tertiary/aromatic N) is 3. The van der Waals surface area contributed by atoms with Gasteiger partial charge in [0.2, 0.25) is 11.7 Å². The molecule has 1 N–H and O–H groups in total. The Kier molecular flexibility index (Phi) is 4.65. The minimum Gasteiger partial charge on any atom is -0.481 e. The Morgan fingerprint density at radius 1 is 1.27 bits per heavy atom. The summed E-state index contributed by atoms with van der Waals surface area (Å²) < 4.78 is 70.0. The van der Waals surface area contributed by atoms with Crippen LogP contribution in [0.25, 0.3) is 11.4 Å². The molecular formula is C15H12F5N3O3. The van der Waals surface area contributed by atoms with Crippen molar-refractivity contribution in [3.8, 4) is 11.4 Å². The van der Waals surface area contributed by atoms with E-state index in [0.717, 1.165) is 12.1 Å². The molecule has 0 aliphatic carbocycles. The van der Waals surface area contributed by atoms with E-state index in [0.29, 0.717) is 0 Å². The zero-order valence-electron chi connectivity index (χ0n) is 13.0. The lowest BCUT2D eigenvalue weighted by Crippen LogP contribution is -2.33. The second kappa shape index (κ2) is 6.63. The first-order chi connectivity index (χ1) is 12.1. The van der Waals surface area contributed by atoms with E-state index in [1.165, 1.54) is 11.0 Å². The van der Waals surface area contributed by atoms with Gasteiger partial charge >= 0.3 is 12.1 Å². The summed E-state index contributed by atoms with van der Waals surface area (Å²) in [4.78, 5) is 16.2. The van der Waals surface area contributed by atoms with E-state index in [4.69, 9.17) is 9.63 Å². The van der Waals surface area contributed by atoms with Gasteiger partial charge < -0.3 is 9.63 Å². The lowest BCUT2D eigenvalue weighted by atomic mass is 9.96. The number of rotatable bonds is 4. The zero-order valence-corrected chi connectivity index (χ0v) is 13.0. The molecule has 1 aliphatic heterocycles. The molecule has 0 spiro atoms. The molecule has 1 aromatic carbocycles. The number of hydrogen-bond acceptors (Lipinski definition) is 5. The minimum absolute atomic E-state index is 0.0553. The van der Waals surface area contributed by atoms with Crippen LogP contribution >= 0.6 is 0 Å². The van der Waals surface area contributed by atoms with E-state index in [-0.39, 0.29) is 30.4 Å². The summed E-state index contributed by atoms with van der Waals surface area (Å²) in [5.41, 5.74) is 0.136. The molecule has 0 bridgehead atoms. The van der Waals surface area contributed by atoms with Crippen LogP contribution in [-0.4, -0.2) is 45.4 Å². The highest BCUT2D eigenvalue weighted by molar-refractivity contribution is 5.71. The first-order valence-corrected chi connectivity index (χ1v) is 7.45. The maximum atomic E-state index is 13.2. The fourth-order valence-corrected chi connectivity index (χ4v) is 2.86. The molecule has 140 valence electrons. The average molecular weight is 377 g/mol. The van der Waals surface area contributed by atoms with Crippen LogP contribution < -0.4 is 0 Å². The Labute approximate surface area is 143 Å². The maximum Gasteiger partial charge on any atom is 0.393 e. The topological polar surface area (TPSA) is 79.5 Å². The van der Waals surface area contributed by atoms with Gasteiger partial charge in [0.15, 0.2) is 11.6 Å². The van der Waals surface area contributed by atoms with Crippen molar-refractivity contribution in [1.82, 2.24) is 15.0 Å². The highest BCUT2D eigenvalue weighted by Gasteiger charge is 2.52. The Morgan fingerprint density at radius 2 is 2.00 bits per heavy atom. The van der Waals surface area contributed by atoms with Crippen molar-refractivity contribution in [3.05, 3.63) is 35.7 Å². The first-order valence-electron chi connectivity index (χ1n) is 7.45. The third-order valence-corrected chi connectivity index (χ3v) is 4.14. The van der Waals surface area contributed by atoms with Crippen LogP contribution in [0.5, 0.6) is 0 Å². The van der Waals surface area contributed by atoms with Crippen LogP contribution in [0.3, 0.4) is 0 Å². The van der Waals surface area contributed by atoms with Gasteiger partial charge in [0, 0.05) is 18.7 Å². The highest BCUT2D eigenvalue weighted by atomic mass is 19.4. The maximum absolute atomic E-state index is 13.2. The molecule has 0 unspecified atom stereocenters. The van der Waals surface area contributed by atoms with Crippen molar-refractivity contribution in [2.24, 2.45) is 11.8 Å². The van der Waals surface area contributed by atoms with E-state index in [2.05, 4.69) is 10.1 Å². The fraction of sp³-hybridized carbons (Fsp3) is 0.400. The van der Waals surface area contributed by atoms with E-state index in [1.54, 1.807) is 0 Å². The predicted molar refractivity (Wildman–Crippen MR) is 75.6 cm³/mol. The Morgan fingerprint density at radius 3 is 2.58 bits per heavy atom. The third kappa shape index (κ3) is 3.66. The second-order valence-electron chi connectivity index (χ2n) is 5.93. The number of hydrogen-bond donors (Lipinski definition) is 1. The van der Waals surface area contributed by atoms with Gasteiger partial charge in [0.1, 0.15) is 0 Å². The SMILES string of the molecule is O=C(O)[C@@H]1CN(Cc2nc(-c3ccc(F)c(F)c3)no2)C[C@H]1C(F)(F)F. The summed E-state index contributed by atoms with van der Waals surface area (Å²) in [7, 11) is 0. The molecule has 26 heavy (non-hydrogen) atoms. The highest BCUT2D eigenvalue weighted by Crippen LogP contribution is 2.38. The molecule has 1 fully saturated rings. The number of carbonyl (C=O) groups is 1. The van der Waals surface area contributed by atoms with E-state index < -0.39 is 42.2 Å². The largest absolute Gasteiger partial charge is 0.481 e. The Balaban J connectivity index is 1.73. The van der Waals surface area contributed by atoms with Crippen molar-refractivity contribution in [3.63, 3.8) is 0 Å². The second-order valence-corrected chi connectivity index (χ2v) is 5.93. The first kappa shape index (κ1) is 18.2. The van der Waals surface area contributed by atoms with E-state index in [9.17, 15) is 26.7 Å². The molecule has 2 aromatic rings. The van der Waals surface area contributed by atoms with Gasteiger partial charge in [-0.1, -0.05) is 5.16 Å². The Hall–Kier alpha value is -2.56. The Bertz CT molecular complexity index is 823. The van der Waals surface area contributed by atoms with E-state index >= 15 is 0 Å². The molecule has 0 saturated carbocycles. The van der Waals surface area contributed by atoms with Crippen LogP contribution in [0.4, 0.5) is 22.0 Å². The summed E-state index contributed by atoms with van der Waals surface area (Å²) in [5, 5.41) is 12.6.